The third kappa shape index (κ3) is 4.25. The van der Waals surface area contributed by atoms with E-state index < -0.39 is 10.0 Å². The first-order chi connectivity index (χ1) is 14.4. The van der Waals surface area contributed by atoms with E-state index in [1.165, 1.54) is 27.4 Å². The van der Waals surface area contributed by atoms with Gasteiger partial charge in [0.25, 0.3) is 0 Å². The van der Waals surface area contributed by atoms with E-state index in [-0.39, 0.29) is 11.8 Å². The number of hydrogen-bond donors (Lipinski definition) is 1. The van der Waals surface area contributed by atoms with Crippen molar-refractivity contribution < 1.29 is 13.2 Å². The van der Waals surface area contributed by atoms with Crippen LogP contribution in [0, 0.1) is 12.8 Å². The number of hydrogen-bond acceptors (Lipinski definition) is 6. The van der Waals surface area contributed by atoms with Crippen LogP contribution in [0.3, 0.4) is 0 Å². The summed E-state index contributed by atoms with van der Waals surface area (Å²) in [5, 5.41) is 3.51. The number of sulfonamides is 1. The molecule has 6 nitrogen and oxygen atoms in total. The van der Waals surface area contributed by atoms with Crippen LogP contribution in [0.1, 0.15) is 18.4 Å². The number of rotatable bonds is 5. The van der Waals surface area contributed by atoms with Crippen molar-refractivity contribution in [3.8, 4) is 0 Å². The van der Waals surface area contributed by atoms with Crippen LogP contribution in [-0.4, -0.2) is 43.0 Å². The van der Waals surface area contributed by atoms with Crippen molar-refractivity contribution in [2.45, 2.75) is 29.6 Å². The van der Waals surface area contributed by atoms with Gasteiger partial charge in [-0.2, -0.15) is 4.31 Å². The van der Waals surface area contributed by atoms with Gasteiger partial charge < -0.3 is 5.32 Å². The largest absolute Gasteiger partial charge is 0.302 e. The van der Waals surface area contributed by atoms with Crippen molar-refractivity contribution in [2.75, 3.05) is 24.7 Å². The topological polar surface area (TPSA) is 79.4 Å². The summed E-state index contributed by atoms with van der Waals surface area (Å²) < 4.78 is 28.7. The molecule has 0 radical (unpaired) electrons. The molecular formula is C21H23N3O3S3. The number of nitrogens with one attached hydrogen (secondary N) is 1. The van der Waals surface area contributed by atoms with Crippen LogP contribution in [0.4, 0.5) is 5.13 Å². The number of aromatic nitrogens is 1. The molecule has 0 spiro atoms. The fraction of sp³-hybridized carbons (Fsp3) is 0.333. The number of nitrogens with zero attached hydrogens (tertiary/aromatic N) is 2. The van der Waals surface area contributed by atoms with Gasteiger partial charge in [0, 0.05) is 23.9 Å². The summed E-state index contributed by atoms with van der Waals surface area (Å²) in [7, 11) is -3.56. The minimum Gasteiger partial charge on any atom is -0.302 e. The monoisotopic (exact) mass is 461 g/mol. The molecule has 1 saturated heterocycles. The van der Waals surface area contributed by atoms with E-state index in [1.807, 2.05) is 37.4 Å². The number of anilines is 1. The number of thiazole rings is 1. The molecule has 0 atom stereocenters. The quantitative estimate of drug-likeness (QED) is 0.571. The number of aryl methyl sites for hydroxylation is 1. The molecule has 0 saturated carbocycles. The fourth-order valence-corrected chi connectivity index (χ4v) is 7.18. The van der Waals surface area contributed by atoms with Gasteiger partial charge in [0.05, 0.1) is 15.1 Å². The first-order valence-corrected chi connectivity index (χ1v) is 13.2. The minimum atomic E-state index is -3.56. The standard InChI is InChI=1S/C21H23N3O3S3/c1-14-7-8-16-18(13-14)29-21(22-16)23-20(25)15-9-11-24(12-10-15)30(26,27)19-6-4-3-5-17(19)28-2/h3-8,13,15H,9-12H2,1-2H3,(H,22,23,25). The maximum Gasteiger partial charge on any atom is 0.244 e. The highest BCUT2D eigenvalue weighted by Gasteiger charge is 2.33. The van der Waals surface area contributed by atoms with Crippen LogP contribution < -0.4 is 5.32 Å². The second-order valence-corrected chi connectivity index (χ2v) is 11.1. The van der Waals surface area contributed by atoms with Crippen molar-refractivity contribution in [3.05, 3.63) is 48.0 Å². The highest BCUT2D eigenvalue weighted by molar-refractivity contribution is 7.99. The smallest absolute Gasteiger partial charge is 0.244 e. The van der Waals surface area contributed by atoms with Gasteiger partial charge in [-0.25, -0.2) is 13.4 Å². The number of benzene rings is 2. The molecule has 3 aromatic rings. The average molecular weight is 462 g/mol. The zero-order chi connectivity index (χ0) is 21.3. The molecular weight excluding hydrogens is 438 g/mol. The lowest BCUT2D eigenvalue weighted by Crippen LogP contribution is -2.41. The molecule has 1 aliphatic rings. The molecule has 158 valence electrons. The van der Waals surface area contributed by atoms with E-state index in [4.69, 9.17) is 0 Å². The van der Waals surface area contributed by atoms with Crippen LogP contribution in [0.5, 0.6) is 0 Å². The van der Waals surface area contributed by atoms with Crippen LogP contribution in [0.2, 0.25) is 0 Å². The lowest BCUT2D eigenvalue weighted by molar-refractivity contribution is -0.120. The Morgan fingerprint density at radius 1 is 1.20 bits per heavy atom. The van der Waals surface area contributed by atoms with Gasteiger partial charge >= 0.3 is 0 Å². The first kappa shape index (κ1) is 21.3. The van der Waals surface area contributed by atoms with E-state index in [2.05, 4.69) is 16.4 Å². The molecule has 1 aromatic heterocycles. The molecule has 1 aliphatic heterocycles. The molecule has 1 fully saturated rings. The fourth-order valence-electron chi connectivity index (χ4n) is 3.62. The molecule has 1 amide bonds. The normalized spacial score (nSPS) is 16.1. The first-order valence-electron chi connectivity index (χ1n) is 9.70. The van der Waals surface area contributed by atoms with E-state index in [0.717, 1.165) is 20.7 Å². The van der Waals surface area contributed by atoms with Gasteiger partial charge in [-0.15, -0.1) is 11.8 Å². The summed E-state index contributed by atoms with van der Waals surface area (Å²) in [4.78, 5) is 18.3. The Kier molecular flexibility index (Phi) is 6.15. The number of thioether (sulfide) groups is 1. The highest BCUT2D eigenvalue weighted by atomic mass is 32.2. The molecule has 0 unspecified atom stereocenters. The van der Waals surface area contributed by atoms with Crippen LogP contribution in [0.25, 0.3) is 10.2 Å². The van der Waals surface area contributed by atoms with Crippen molar-refractivity contribution in [1.82, 2.24) is 9.29 Å². The van der Waals surface area contributed by atoms with Gasteiger partial charge in [0.2, 0.25) is 15.9 Å². The number of carbonyl (C=O) groups is 1. The Morgan fingerprint density at radius 3 is 2.67 bits per heavy atom. The molecule has 1 N–H and O–H groups in total. The third-order valence-corrected chi connectivity index (χ3v) is 9.10. The Balaban J connectivity index is 1.41. The summed E-state index contributed by atoms with van der Waals surface area (Å²) in [6.07, 6.45) is 2.86. The lowest BCUT2D eigenvalue weighted by atomic mass is 9.97. The van der Waals surface area contributed by atoms with Gasteiger partial charge in [-0.3, -0.25) is 4.79 Å². The Hall–Kier alpha value is -1.94. The zero-order valence-electron chi connectivity index (χ0n) is 16.8. The SMILES string of the molecule is CSc1ccccc1S(=O)(=O)N1CCC(C(=O)Nc2nc3ccc(C)cc3s2)CC1. The highest BCUT2D eigenvalue weighted by Crippen LogP contribution is 2.31. The van der Waals surface area contributed by atoms with E-state index in [1.54, 1.807) is 12.1 Å². The van der Waals surface area contributed by atoms with Crippen molar-refractivity contribution in [3.63, 3.8) is 0 Å². The van der Waals surface area contributed by atoms with Crippen LogP contribution in [-0.2, 0) is 14.8 Å². The number of fused-ring (bicyclic) bond motifs is 1. The second kappa shape index (κ2) is 8.66. The molecule has 2 heterocycles. The second-order valence-electron chi connectivity index (χ2n) is 7.31. The van der Waals surface area contributed by atoms with Crippen molar-refractivity contribution in [2.24, 2.45) is 5.92 Å². The number of piperidine rings is 1. The Morgan fingerprint density at radius 2 is 1.93 bits per heavy atom. The average Bonchev–Trinajstić information content (AvgIpc) is 3.15. The summed E-state index contributed by atoms with van der Waals surface area (Å²) in [5.41, 5.74) is 2.02. The maximum absolute atomic E-state index is 13.1. The van der Waals surface area contributed by atoms with Crippen molar-refractivity contribution in [1.29, 1.82) is 0 Å². The molecule has 2 aromatic carbocycles. The van der Waals surface area contributed by atoms with Crippen molar-refractivity contribution >= 4 is 54.4 Å². The molecule has 0 aliphatic carbocycles. The minimum absolute atomic E-state index is 0.0904. The van der Waals surface area contributed by atoms with Crippen LogP contribution in [0.15, 0.2) is 52.3 Å². The number of amides is 1. The molecule has 0 bridgehead atoms. The lowest BCUT2D eigenvalue weighted by Gasteiger charge is -2.30. The van der Waals surface area contributed by atoms with Gasteiger partial charge in [0.15, 0.2) is 5.13 Å². The summed E-state index contributed by atoms with van der Waals surface area (Å²) in [5.74, 6) is -0.312. The Bertz CT molecular complexity index is 1180. The zero-order valence-corrected chi connectivity index (χ0v) is 19.2. The molecule has 9 heteroatoms. The predicted molar refractivity (Wildman–Crippen MR) is 123 cm³/mol. The summed E-state index contributed by atoms with van der Waals surface area (Å²) in [6, 6.07) is 13.0. The van der Waals surface area contributed by atoms with E-state index >= 15 is 0 Å². The Labute approximate surface area is 184 Å². The van der Waals surface area contributed by atoms with Gasteiger partial charge in [-0.1, -0.05) is 29.5 Å². The predicted octanol–water partition coefficient (Wildman–Crippen LogP) is 4.37. The van der Waals surface area contributed by atoms with E-state index in [9.17, 15) is 13.2 Å². The number of carbonyl (C=O) groups excluding carboxylic acids is 1. The summed E-state index contributed by atoms with van der Waals surface area (Å²) in [6.45, 7) is 2.70. The van der Waals surface area contributed by atoms with Gasteiger partial charge in [0.1, 0.15) is 0 Å². The molecule has 4 rings (SSSR count). The van der Waals surface area contributed by atoms with Gasteiger partial charge in [-0.05, 0) is 55.9 Å². The third-order valence-electron chi connectivity index (χ3n) is 5.29. The molecule has 30 heavy (non-hydrogen) atoms. The summed E-state index contributed by atoms with van der Waals surface area (Å²) >= 11 is 2.88. The maximum atomic E-state index is 13.1. The van der Waals surface area contributed by atoms with E-state index in [0.29, 0.717) is 36.0 Å². The van der Waals surface area contributed by atoms with Crippen LogP contribution >= 0.6 is 23.1 Å².